The van der Waals surface area contributed by atoms with Crippen molar-refractivity contribution in [2.75, 3.05) is 0 Å². The van der Waals surface area contributed by atoms with Crippen LogP contribution in [0.5, 0.6) is 0 Å². The molecule has 0 spiro atoms. The molecule has 0 radical (unpaired) electrons. The summed E-state index contributed by atoms with van der Waals surface area (Å²) in [7, 11) is 0. The highest BCUT2D eigenvalue weighted by molar-refractivity contribution is 7.98. The molecule has 24 heavy (non-hydrogen) atoms. The summed E-state index contributed by atoms with van der Waals surface area (Å²) in [6.45, 7) is 0. The molecular weight excluding hydrogens is 350 g/mol. The minimum atomic E-state index is 0.349. The number of halogens is 1. The van der Waals surface area contributed by atoms with E-state index in [1.165, 1.54) is 11.8 Å². The van der Waals surface area contributed by atoms with Crippen molar-refractivity contribution in [3.05, 3.63) is 59.6 Å². The van der Waals surface area contributed by atoms with Gasteiger partial charge in [0.2, 0.25) is 5.89 Å². The largest absolute Gasteiger partial charge is 0.459 e. The minimum absolute atomic E-state index is 0.349. The molecule has 3 heterocycles. The molecule has 0 aliphatic heterocycles. The molecule has 0 fully saturated rings. The predicted octanol–water partition coefficient (Wildman–Crippen LogP) is 4.93. The lowest BCUT2D eigenvalue weighted by Gasteiger charge is -1.95. The van der Waals surface area contributed by atoms with Crippen molar-refractivity contribution in [2.24, 2.45) is 0 Å². The molecule has 0 atom stereocenters. The summed E-state index contributed by atoms with van der Waals surface area (Å²) in [6, 6.07) is 10.9. The van der Waals surface area contributed by atoms with Crippen molar-refractivity contribution >= 4 is 23.4 Å². The Labute approximate surface area is 145 Å². The van der Waals surface area contributed by atoms with Gasteiger partial charge in [0, 0.05) is 16.3 Å². The van der Waals surface area contributed by atoms with E-state index < -0.39 is 0 Å². The Morgan fingerprint density at radius 1 is 1.04 bits per heavy atom. The van der Waals surface area contributed by atoms with Crippen LogP contribution in [0.25, 0.3) is 23.1 Å². The Kier molecular flexibility index (Phi) is 4.10. The number of furan rings is 1. The van der Waals surface area contributed by atoms with Crippen molar-refractivity contribution in [3.63, 3.8) is 0 Å². The van der Waals surface area contributed by atoms with Crippen LogP contribution in [0, 0.1) is 0 Å². The minimum Gasteiger partial charge on any atom is -0.459 e. The zero-order valence-electron chi connectivity index (χ0n) is 12.2. The van der Waals surface area contributed by atoms with Crippen LogP contribution in [0.3, 0.4) is 0 Å². The second-order valence-corrected chi connectivity index (χ2v) is 6.16. The fourth-order valence-corrected chi connectivity index (χ4v) is 2.86. The number of hydrogen-bond donors (Lipinski definition) is 0. The van der Waals surface area contributed by atoms with Crippen molar-refractivity contribution in [2.45, 2.75) is 11.0 Å². The molecule has 0 aliphatic rings. The topological polar surface area (TPSA) is 78.1 Å². The molecular formula is C16H10ClN3O3S. The van der Waals surface area contributed by atoms with Gasteiger partial charge in [-0.1, -0.05) is 29.4 Å². The standard InChI is InChI=1S/C16H10ClN3O3S/c17-11-4-1-3-10(7-11)14-18-12(8-22-14)9-24-16-20-19-15(23-16)13-5-2-6-21-13/h1-8H,9H2. The maximum Gasteiger partial charge on any atom is 0.284 e. The smallest absolute Gasteiger partial charge is 0.284 e. The van der Waals surface area contributed by atoms with E-state index in [2.05, 4.69) is 15.2 Å². The first-order chi connectivity index (χ1) is 11.8. The number of rotatable bonds is 5. The number of benzene rings is 1. The normalized spacial score (nSPS) is 11.0. The molecule has 0 saturated carbocycles. The Bertz CT molecular complexity index is 949. The third-order valence-electron chi connectivity index (χ3n) is 3.11. The van der Waals surface area contributed by atoms with E-state index in [4.69, 9.17) is 24.9 Å². The fourth-order valence-electron chi connectivity index (χ4n) is 2.03. The first kappa shape index (κ1) is 15.0. The van der Waals surface area contributed by atoms with E-state index in [9.17, 15) is 0 Å². The average Bonchev–Trinajstić information content (AvgIpc) is 3.33. The van der Waals surface area contributed by atoms with Gasteiger partial charge in [0.1, 0.15) is 6.26 Å². The first-order valence-corrected chi connectivity index (χ1v) is 8.35. The monoisotopic (exact) mass is 359 g/mol. The van der Waals surface area contributed by atoms with Gasteiger partial charge in [-0.25, -0.2) is 4.98 Å². The van der Waals surface area contributed by atoms with Gasteiger partial charge in [0.05, 0.1) is 12.0 Å². The molecule has 0 amide bonds. The molecule has 0 unspecified atom stereocenters. The summed E-state index contributed by atoms with van der Waals surface area (Å²) in [5.74, 6) is 1.96. The highest BCUT2D eigenvalue weighted by Gasteiger charge is 2.13. The molecule has 8 heteroatoms. The molecule has 1 aromatic carbocycles. The molecule has 3 aromatic heterocycles. The zero-order valence-corrected chi connectivity index (χ0v) is 13.8. The molecule has 4 aromatic rings. The highest BCUT2D eigenvalue weighted by Crippen LogP contribution is 2.27. The molecule has 0 bridgehead atoms. The zero-order chi connectivity index (χ0) is 16.4. The summed E-state index contributed by atoms with van der Waals surface area (Å²) < 4.78 is 16.2. The van der Waals surface area contributed by atoms with Crippen LogP contribution in [0.15, 0.2) is 67.4 Å². The van der Waals surface area contributed by atoms with Crippen molar-refractivity contribution in [1.29, 1.82) is 0 Å². The predicted molar refractivity (Wildman–Crippen MR) is 88.5 cm³/mol. The van der Waals surface area contributed by atoms with Crippen LogP contribution in [-0.4, -0.2) is 15.2 Å². The van der Waals surface area contributed by atoms with Gasteiger partial charge in [-0.3, -0.25) is 0 Å². The van der Waals surface area contributed by atoms with E-state index in [1.807, 2.05) is 12.1 Å². The Morgan fingerprint density at radius 2 is 2.00 bits per heavy atom. The van der Waals surface area contributed by atoms with Crippen molar-refractivity contribution < 1.29 is 13.3 Å². The van der Waals surface area contributed by atoms with Crippen molar-refractivity contribution in [3.8, 4) is 23.1 Å². The quantitative estimate of drug-likeness (QED) is 0.467. The van der Waals surface area contributed by atoms with Crippen LogP contribution in [0.2, 0.25) is 5.02 Å². The lowest BCUT2D eigenvalue weighted by Crippen LogP contribution is -1.82. The van der Waals surface area contributed by atoms with Crippen LogP contribution in [-0.2, 0) is 5.75 Å². The highest BCUT2D eigenvalue weighted by atomic mass is 35.5. The number of oxazole rings is 1. The lowest BCUT2D eigenvalue weighted by molar-refractivity contribution is 0.447. The Hall–Kier alpha value is -2.51. The number of thioether (sulfide) groups is 1. The number of aromatic nitrogens is 3. The average molecular weight is 360 g/mol. The van der Waals surface area contributed by atoms with Gasteiger partial charge < -0.3 is 13.3 Å². The Balaban J connectivity index is 1.43. The summed E-state index contributed by atoms with van der Waals surface area (Å²) in [5.41, 5.74) is 1.60. The van der Waals surface area contributed by atoms with Gasteiger partial charge in [-0.15, -0.1) is 10.2 Å². The maximum atomic E-state index is 5.98. The van der Waals surface area contributed by atoms with E-state index in [0.29, 0.717) is 33.5 Å². The van der Waals surface area contributed by atoms with Crippen LogP contribution in [0.1, 0.15) is 5.69 Å². The second-order valence-electron chi connectivity index (χ2n) is 4.79. The van der Waals surface area contributed by atoms with Crippen LogP contribution >= 0.6 is 23.4 Å². The molecule has 4 rings (SSSR count). The van der Waals surface area contributed by atoms with Crippen LogP contribution < -0.4 is 0 Å². The molecule has 0 aliphatic carbocycles. The second kappa shape index (κ2) is 6.54. The summed E-state index contributed by atoms with van der Waals surface area (Å²) in [6.07, 6.45) is 3.16. The van der Waals surface area contributed by atoms with Gasteiger partial charge in [0.15, 0.2) is 5.76 Å². The SMILES string of the molecule is Clc1cccc(-c2nc(CSc3nnc(-c4ccco4)o3)co2)c1. The van der Waals surface area contributed by atoms with Gasteiger partial charge >= 0.3 is 0 Å². The van der Waals surface area contributed by atoms with Crippen molar-refractivity contribution in [1.82, 2.24) is 15.2 Å². The van der Waals surface area contributed by atoms with Gasteiger partial charge in [0.25, 0.3) is 11.1 Å². The Morgan fingerprint density at radius 3 is 2.83 bits per heavy atom. The van der Waals surface area contributed by atoms with E-state index in [0.717, 1.165) is 11.3 Å². The molecule has 0 N–H and O–H groups in total. The summed E-state index contributed by atoms with van der Waals surface area (Å²) in [4.78, 5) is 4.44. The van der Waals surface area contributed by atoms with E-state index in [1.54, 1.807) is 36.8 Å². The summed E-state index contributed by atoms with van der Waals surface area (Å²) >= 11 is 7.35. The third-order valence-corrected chi connectivity index (χ3v) is 4.19. The fraction of sp³-hybridized carbons (Fsp3) is 0.0625. The molecule has 0 saturated heterocycles. The van der Waals surface area contributed by atoms with Gasteiger partial charge in [-0.05, 0) is 30.3 Å². The van der Waals surface area contributed by atoms with Crippen LogP contribution in [0.4, 0.5) is 0 Å². The maximum absolute atomic E-state index is 5.98. The molecule has 120 valence electrons. The van der Waals surface area contributed by atoms with E-state index >= 15 is 0 Å². The first-order valence-electron chi connectivity index (χ1n) is 6.98. The number of nitrogens with zero attached hydrogens (tertiary/aromatic N) is 3. The number of hydrogen-bond acceptors (Lipinski definition) is 7. The third kappa shape index (κ3) is 3.22. The lowest BCUT2D eigenvalue weighted by atomic mass is 10.2. The molecule has 6 nitrogen and oxygen atoms in total. The van der Waals surface area contributed by atoms with E-state index in [-0.39, 0.29) is 0 Å². The van der Waals surface area contributed by atoms with Gasteiger partial charge in [-0.2, -0.15) is 0 Å². The summed E-state index contributed by atoms with van der Waals surface area (Å²) in [5, 5.41) is 8.99.